The lowest BCUT2D eigenvalue weighted by Crippen LogP contribution is -2.19. The quantitative estimate of drug-likeness (QED) is 0.293. The molecule has 4 heteroatoms. The minimum Gasteiger partial charge on any atom is -0.289 e. The normalized spacial score (nSPS) is 14.2. The number of Topliss-reactive ketones (excluding diaryl/α,β-unsaturated/α-hetero) is 2. The highest BCUT2D eigenvalue weighted by molar-refractivity contribution is 9.12. The summed E-state index contributed by atoms with van der Waals surface area (Å²) in [5.41, 5.74) is 1.71. The van der Waals surface area contributed by atoms with Gasteiger partial charge in [0.05, 0.1) is 4.48 Å². The lowest BCUT2D eigenvalue weighted by atomic mass is 9.87. The van der Waals surface area contributed by atoms with Crippen LogP contribution in [0.5, 0.6) is 0 Å². The number of allylic oxidation sites excluding steroid dienone is 2. The molecule has 2 nitrogen and oxygen atoms in total. The van der Waals surface area contributed by atoms with E-state index in [1.165, 1.54) is 38.5 Å². The Morgan fingerprint density at radius 3 is 1.79 bits per heavy atom. The zero-order chi connectivity index (χ0) is 17.4. The lowest BCUT2D eigenvalue weighted by molar-refractivity contribution is 0.0979. The van der Waals surface area contributed by atoms with Gasteiger partial charge in [0.1, 0.15) is 0 Å². The van der Waals surface area contributed by atoms with Crippen LogP contribution in [0.3, 0.4) is 0 Å². The zero-order valence-corrected chi connectivity index (χ0v) is 17.1. The minimum absolute atomic E-state index is 0.00634. The molecule has 0 aliphatic heterocycles. The lowest BCUT2D eigenvalue weighted by Gasteiger charge is -2.17. The molecule has 1 aliphatic rings. The predicted octanol–water partition coefficient (Wildman–Crippen LogP) is 6.62. The predicted molar refractivity (Wildman–Crippen MR) is 106 cm³/mol. The van der Waals surface area contributed by atoms with Crippen LogP contribution in [-0.2, 0) is 0 Å². The second kappa shape index (κ2) is 10.3. The fraction of sp³-hybridized carbons (Fsp3) is 0.500. The molecular weight excluding hydrogens is 432 g/mol. The number of unbranched alkanes of at least 4 members (excludes halogenated alkanes) is 7. The van der Waals surface area contributed by atoms with E-state index in [2.05, 4.69) is 31.9 Å². The largest absolute Gasteiger partial charge is 0.289 e. The van der Waals surface area contributed by atoms with Crippen LogP contribution in [0.4, 0.5) is 0 Å². The van der Waals surface area contributed by atoms with Gasteiger partial charge in [0.25, 0.3) is 0 Å². The van der Waals surface area contributed by atoms with E-state index < -0.39 is 0 Å². The number of alkyl halides is 1. The minimum atomic E-state index is -0.0630. The molecular formula is C20H24Br2O2. The maximum Gasteiger partial charge on any atom is 0.201 e. The summed E-state index contributed by atoms with van der Waals surface area (Å²) in [5.74, 6) is -0.0566. The Hall–Kier alpha value is -0.740. The topological polar surface area (TPSA) is 34.1 Å². The zero-order valence-electron chi connectivity index (χ0n) is 14.0. The van der Waals surface area contributed by atoms with Gasteiger partial charge in [-0.1, -0.05) is 78.7 Å². The number of carbonyl (C=O) groups excluding carboxylic acids is 2. The van der Waals surface area contributed by atoms with Crippen LogP contribution in [0.15, 0.2) is 34.3 Å². The van der Waals surface area contributed by atoms with Gasteiger partial charge in [-0.2, -0.15) is 0 Å². The van der Waals surface area contributed by atoms with Crippen molar-refractivity contribution in [2.45, 2.75) is 57.8 Å². The Balaban J connectivity index is 1.78. The van der Waals surface area contributed by atoms with E-state index in [4.69, 9.17) is 0 Å². The Morgan fingerprint density at radius 1 is 0.708 bits per heavy atom. The maximum absolute atomic E-state index is 12.6. The molecule has 130 valence electrons. The van der Waals surface area contributed by atoms with Crippen molar-refractivity contribution in [2.24, 2.45) is 0 Å². The molecule has 1 aromatic rings. The standard InChI is InChI=1S/C20H24Br2O2/c21-14-10-6-4-2-1-3-5-7-13-17-18(22)20(24)16-12-9-8-11-15(16)19(17)23/h8-9,11-12H,1-7,10,13-14H2. The van der Waals surface area contributed by atoms with Crippen molar-refractivity contribution < 1.29 is 9.59 Å². The molecule has 1 aliphatic carbocycles. The fourth-order valence-corrected chi connectivity index (χ4v) is 4.07. The average Bonchev–Trinajstić information content (AvgIpc) is 2.61. The highest BCUT2D eigenvalue weighted by atomic mass is 79.9. The van der Waals surface area contributed by atoms with Crippen molar-refractivity contribution in [1.29, 1.82) is 0 Å². The third-order valence-corrected chi connectivity index (χ3v) is 5.86. The summed E-state index contributed by atoms with van der Waals surface area (Å²) < 4.78 is 0.459. The summed E-state index contributed by atoms with van der Waals surface area (Å²) in [6, 6.07) is 7.09. The van der Waals surface area contributed by atoms with Gasteiger partial charge in [-0.25, -0.2) is 0 Å². The number of carbonyl (C=O) groups is 2. The highest BCUT2D eigenvalue weighted by Crippen LogP contribution is 2.32. The molecule has 0 spiro atoms. The first-order valence-corrected chi connectivity index (χ1v) is 10.7. The van der Waals surface area contributed by atoms with Crippen LogP contribution < -0.4 is 0 Å². The number of hydrogen-bond acceptors (Lipinski definition) is 2. The van der Waals surface area contributed by atoms with Crippen molar-refractivity contribution in [3.63, 3.8) is 0 Å². The van der Waals surface area contributed by atoms with E-state index in [0.29, 0.717) is 27.6 Å². The molecule has 0 radical (unpaired) electrons. The van der Waals surface area contributed by atoms with Crippen LogP contribution in [0.25, 0.3) is 0 Å². The molecule has 0 aromatic heterocycles. The summed E-state index contributed by atoms with van der Waals surface area (Å²) in [4.78, 5) is 25.0. The monoisotopic (exact) mass is 454 g/mol. The molecule has 0 unspecified atom stereocenters. The first kappa shape index (κ1) is 19.6. The van der Waals surface area contributed by atoms with Gasteiger partial charge in [-0.3, -0.25) is 9.59 Å². The first-order valence-electron chi connectivity index (χ1n) is 8.80. The number of ketones is 2. The van der Waals surface area contributed by atoms with E-state index in [1.54, 1.807) is 18.2 Å². The van der Waals surface area contributed by atoms with Crippen LogP contribution >= 0.6 is 31.9 Å². The van der Waals surface area contributed by atoms with E-state index >= 15 is 0 Å². The van der Waals surface area contributed by atoms with Gasteiger partial charge in [0.2, 0.25) is 5.78 Å². The molecule has 0 N–H and O–H groups in total. The number of rotatable bonds is 10. The van der Waals surface area contributed by atoms with Gasteiger partial charge in [0.15, 0.2) is 5.78 Å². The fourth-order valence-electron chi connectivity index (χ4n) is 3.08. The molecule has 24 heavy (non-hydrogen) atoms. The van der Waals surface area contributed by atoms with Crippen LogP contribution in [-0.4, -0.2) is 16.9 Å². The second-order valence-corrected chi connectivity index (χ2v) is 7.85. The van der Waals surface area contributed by atoms with E-state index in [9.17, 15) is 9.59 Å². The van der Waals surface area contributed by atoms with Gasteiger partial charge >= 0.3 is 0 Å². The van der Waals surface area contributed by atoms with Gasteiger partial charge in [-0.05, 0) is 35.2 Å². The highest BCUT2D eigenvalue weighted by Gasteiger charge is 2.29. The van der Waals surface area contributed by atoms with Crippen molar-refractivity contribution in [3.05, 3.63) is 45.4 Å². The number of hydrogen-bond donors (Lipinski definition) is 0. The molecule has 0 heterocycles. The summed E-state index contributed by atoms with van der Waals surface area (Å²) >= 11 is 6.81. The van der Waals surface area contributed by atoms with Crippen molar-refractivity contribution in [1.82, 2.24) is 0 Å². The van der Waals surface area contributed by atoms with Gasteiger partial charge in [0, 0.05) is 22.0 Å². The van der Waals surface area contributed by atoms with E-state index in [0.717, 1.165) is 18.2 Å². The van der Waals surface area contributed by atoms with Gasteiger partial charge < -0.3 is 0 Å². The first-order chi connectivity index (χ1) is 11.7. The smallest absolute Gasteiger partial charge is 0.201 e. The van der Waals surface area contributed by atoms with Crippen LogP contribution in [0.2, 0.25) is 0 Å². The SMILES string of the molecule is O=C1C(Br)=C(CCCCCCCCCCBr)C(=O)c2ccccc21. The Bertz CT molecular complexity index is 620. The Morgan fingerprint density at radius 2 is 1.21 bits per heavy atom. The molecule has 0 saturated heterocycles. The summed E-state index contributed by atoms with van der Waals surface area (Å²) in [6.07, 6.45) is 10.4. The van der Waals surface area contributed by atoms with Crippen molar-refractivity contribution >= 4 is 43.4 Å². The molecule has 1 aromatic carbocycles. The van der Waals surface area contributed by atoms with Crippen molar-refractivity contribution in [2.75, 3.05) is 5.33 Å². The number of fused-ring (bicyclic) bond motifs is 1. The van der Waals surface area contributed by atoms with Crippen molar-refractivity contribution in [3.8, 4) is 0 Å². The van der Waals surface area contributed by atoms with E-state index in [-0.39, 0.29) is 11.6 Å². The van der Waals surface area contributed by atoms with Crippen LogP contribution in [0, 0.1) is 0 Å². The van der Waals surface area contributed by atoms with Crippen LogP contribution in [0.1, 0.15) is 78.5 Å². The summed E-state index contributed by atoms with van der Waals surface area (Å²) in [7, 11) is 0. The van der Waals surface area contributed by atoms with E-state index in [1.807, 2.05) is 6.07 Å². The Kier molecular flexibility index (Phi) is 8.40. The molecule has 0 saturated carbocycles. The number of benzene rings is 1. The maximum atomic E-state index is 12.6. The molecule has 0 amide bonds. The molecule has 0 atom stereocenters. The molecule has 2 rings (SSSR count). The summed E-state index contributed by atoms with van der Waals surface area (Å²) in [5, 5.41) is 1.10. The second-order valence-electron chi connectivity index (χ2n) is 6.26. The summed E-state index contributed by atoms with van der Waals surface area (Å²) in [6.45, 7) is 0. The Labute approximate surface area is 161 Å². The number of halogens is 2. The third-order valence-electron chi connectivity index (χ3n) is 4.47. The average molecular weight is 456 g/mol. The molecule has 0 fully saturated rings. The molecule has 0 bridgehead atoms. The van der Waals surface area contributed by atoms with Gasteiger partial charge in [-0.15, -0.1) is 0 Å². The third kappa shape index (κ3) is 5.13.